The highest BCUT2D eigenvalue weighted by atomic mass is 32.1. The number of benzene rings is 1. The first-order valence-corrected chi connectivity index (χ1v) is 9.33. The van der Waals surface area contributed by atoms with Gasteiger partial charge >= 0.3 is 0 Å². The fourth-order valence-corrected chi connectivity index (χ4v) is 3.75. The number of aromatic nitrogens is 1. The first kappa shape index (κ1) is 16.9. The molecule has 1 atom stereocenters. The average Bonchev–Trinajstić information content (AvgIpc) is 3.06. The van der Waals surface area contributed by atoms with Crippen LogP contribution in [0.1, 0.15) is 37.0 Å². The van der Waals surface area contributed by atoms with Crippen molar-refractivity contribution in [1.82, 2.24) is 15.2 Å². The summed E-state index contributed by atoms with van der Waals surface area (Å²) in [6.45, 7) is 5.92. The highest BCUT2D eigenvalue weighted by molar-refractivity contribution is 7.16. The summed E-state index contributed by atoms with van der Waals surface area (Å²) in [6, 6.07) is 5.69. The Hall–Kier alpha value is -1.95. The van der Waals surface area contributed by atoms with Crippen molar-refractivity contribution in [3.8, 4) is 0 Å². The van der Waals surface area contributed by atoms with Crippen LogP contribution in [0.3, 0.4) is 0 Å². The normalized spacial score (nSPS) is 18.1. The number of likely N-dealkylation sites (tertiary alicyclic amines) is 1. The third kappa shape index (κ3) is 3.75. The SMILES string of the molecule is CC(C)C(=O)NCC1CCCN(C(=O)c2ccc3ncsc3c2)C1. The molecular weight excluding hydrogens is 322 g/mol. The number of thiazole rings is 1. The third-order valence-corrected chi connectivity index (χ3v) is 5.27. The van der Waals surface area contributed by atoms with Crippen LogP contribution in [0.4, 0.5) is 0 Å². The molecule has 2 heterocycles. The first-order valence-electron chi connectivity index (χ1n) is 8.45. The van der Waals surface area contributed by atoms with Gasteiger partial charge < -0.3 is 10.2 Å². The zero-order valence-corrected chi connectivity index (χ0v) is 14.9. The molecule has 24 heavy (non-hydrogen) atoms. The van der Waals surface area contributed by atoms with E-state index < -0.39 is 0 Å². The summed E-state index contributed by atoms with van der Waals surface area (Å²) in [5.74, 6) is 0.481. The van der Waals surface area contributed by atoms with Gasteiger partial charge in [0.1, 0.15) is 0 Å². The minimum atomic E-state index is -0.00235. The number of amides is 2. The molecule has 6 heteroatoms. The molecule has 1 aliphatic heterocycles. The number of nitrogens with one attached hydrogen (secondary N) is 1. The Morgan fingerprint density at radius 1 is 1.42 bits per heavy atom. The summed E-state index contributed by atoms with van der Waals surface area (Å²) in [4.78, 5) is 30.7. The van der Waals surface area contributed by atoms with Crippen LogP contribution in [-0.2, 0) is 4.79 Å². The smallest absolute Gasteiger partial charge is 0.253 e. The lowest BCUT2D eigenvalue weighted by atomic mass is 9.97. The third-order valence-electron chi connectivity index (χ3n) is 4.47. The van der Waals surface area contributed by atoms with Crippen LogP contribution in [-0.4, -0.2) is 41.3 Å². The highest BCUT2D eigenvalue weighted by Crippen LogP contribution is 2.22. The highest BCUT2D eigenvalue weighted by Gasteiger charge is 2.25. The molecule has 2 aromatic rings. The maximum Gasteiger partial charge on any atom is 0.253 e. The lowest BCUT2D eigenvalue weighted by Gasteiger charge is -2.33. The molecule has 2 amide bonds. The molecule has 1 aliphatic rings. The van der Waals surface area contributed by atoms with Gasteiger partial charge in [-0.2, -0.15) is 0 Å². The molecule has 128 valence electrons. The largest absolute Gasteiger partial charge is 0.356 e. The summed E-state index contributed by atoms with van der Waals surface area (Å²) in [5, 5.41) is 2.99. The van der Waals surface area contributed by atoms with Crippen LogP contribution >= 0.6 is 11.3 Å². The Morgan fingerprint density at radius 2 is 2.25 bits per heavy atom. The van der Waals surface area contributed by atoms with E-state index in [4.69, 9.17) is 0 Å². The molecule has 1 fully saturated rings. The lowest BCUT2D eigenvalue weighted by molar-refractivity contribution is -0.124. The second-order valence-corrected chi connectivity index (χ2v) is 7.58. The quantitative estimate of drug-likeness (QED) is 0.927. The van der Waals surface area contributed by atoms with Crippen LogP contribution in [0.25, 0.3) is 10.2 Å². The summed E-state index contributed by atoms with van der Waals surface area (Å²) in [6.07, 6.45) is 2.03. The molecule has 1 aromatic heterocycles. The van der Waals surface area contributed by atoms with Gasteiger partial charge in [0.15, 0.2) is 0 Å². The molecule has 1 saturated heterocycles. The van der Waals surface area contributed by atoms with E-state index in [-0.39, 0.29) is 17.7 Å². The number of hydrogen-bond acceptors (Lipinski definition) is 4. The molecule has 1 unspecified atom stereocenters. The van der Waals surface area contributed by atoms with Crippen LogP contribution in [0.5, 0.6) is 0 Å². The second-order valence-electron chi connectivity index (χ2n) is 6.69. The van der Waals surface area contributed by atoms with Gasteiger partial charge in [0.2, 0.25) is 5.91 Å². The molecule has 3 rings (SSSR count). The van der Waals surface area contributed by atoms with E-state index >= 15 is 0 Å². The Labute approximate surface area is 146 Å². The zero-order valence-electron chi connectivity index (χ0n) is 14.1. The molecule has 0 aliphatic carbocycles. The fourth-order valence-electron chi connectivity index (χ4n) is 3.04. The van der Waals surface area contributed by atoms with E-state index in [1.54, 1.807) is 16.8 Å². The van der Waals surface area contributed by atoms with Crippen molar-refractivity contribution in [2.75, 3.05) is 19.6 Å². The van der Waals surface area contributed by atoms with Gasteiger partial charge in [-0.05, 0) is 37.0 Å². The summed E-state index contributed by atoms with van der Waals surface area (Å²) >= 11 is 1.55. The summed E-state index contributed by atoms with van der Waals surface area (Å²) < 4.78 is 1.04. The minimum Gasteiger partial charge on any atom is -0.356 e. The number of fused-ring (bicyclic) bond motifs is 1. The predicted molar refractivity (Wildman–Crippen MR) is 96.1 cm³/mol. The maximum atomic E-state index is 12.8. The van der Waals surface area contributed by atoms with E-state index in [1.165, 1.54) is 0 Å². The average molecular weight is 345 g/mol. The van der Waals surface area contributed by atoms with Crippen molar-refractivity contribution in [3.63, 3.8) is 0 Å². The molecule has 0 saturated carbocycles. The Balaban J connectivity index is 1.63. The van der Waals surface area contributed by atoms with Gasteiger partial charge in [0.05, 0.1) is 15.7 Å². The maximum absolute atomic E-state index is 12.8. The molecule has 1 aromatic carbocycles. The molecule has 0 spiro atoms. The van der Waals surface area contributed by atoms with Crippen LogP contribution in [0, 0.1) is 11.8 Å². The van der Waals surface area contributed by atoms with Gasteiger partial charge in [0.25, 0.3) is 5.91 Å². The number of carbonyl (C=O) groups excluding carboxylic acids is 2. The minimum absolute atomic E-state index is 0.00235. The molecule has 0 radical (unpaired) electrons. The number of carbonyl (C=O) groups is 2. The number of nitrogens with zero attached hydrogens (tertiary/aromatic N) is 2. The summed E-state index contributed by atoms with van der Waals surface area (Å²) in [5.41, 5.74) is 3.45. The van der Waals surface area contributed by atoms with E-state index in [0.29, 0.717) is 19.0 Å². The van der Waals surface area contributed by atoms with E-state index in [2.05, 4.69) is 10.3 Å². The molecule has 1 N–H and O–H groups in total. The van der Waals surface area contributed by atoms with Crippen LogP contribution < -0.4 is 5.32 Å². The summed E-state index contributed by atoms with van der Waals surface area (Å²) in [7, 11) is 0. The van der Waals surface area contributed by atoms with Crippen molar-refractivity contribution in [2.24, 2.45) is 11.8 Å². The van der Waals surface area contributed by atoms with Crippen molar-refractivity contribution < 1.29 is 9.59 Å². The Bertz CT molecular complexity index is 741. The standard InChI is InChI=1S/C18H23N3O2S/c1-12(2)17(22)19-9-13-4-3-7-21(10-13)18(23)14-5-6-15-16(8-14)24-11-20-15/h5-6,8,11-13H,3-4,7,9-10H2,1-2H3,(H,19,22). The second kappa shape index (κ2) is 7.30. The van der Waals surface area contributed by atoms with Gasteiger partial charge in [-0.1, -0.05) is 13.8 Å². The molecule has 5 nitrogen and oxygen atoms in total. The Kier molecular flexibility index (Phi) is 5.14. The molecule has 0 bridgehead atoms. The number of hydrogen-bond donors (Lipinski definition) is 1. The molecular formula is C18H23N3O2S. The predicted octanol–water partition coefficient (Wildman–Crippen LogP) is 2.92. The van der Waals surface area contributed by atoms with E-state index in [0.717, 1.165) is 35.2 Å². The van der Waals surface area contributed by atoms with E-state index in [9.17, 15) is 9.59 Å². The zero-order chi connectivity index (χ0) is 17.1. The Morgan fingerprint density at radius 3 is 3.04 bits per heavy atom. The van der Waals surface area contributed by atoms with Crippen molar-refractivity contribution in [3.05, 3.63) is 29.3 Å². The van der Waals surface area contributed by atoms with Gasteiger partial charge in [-0.15, -0.1) is 11.3 Å². The van der Waals surface area contributed by atoms with Crippen molar-refractivity contribution in [1.29, 1.82) is 0 Å². The number of piperidine rings is 1. The lowest BCUT2D eigenvalue weighted by Crippen LogP contribution is -2.44. The topological polar surface area (TPSA) is 62.3 Å². The first-order chi connectivity index (χ1) is 11.5. The van der Waals surface area contributed by atoms with Gasteiger partial charge in [-0.25, -0.2) is 4.98 Å². The van der Waals surface area contributed by atoms with Crippen molar-refractivity contribution in [2.45, 2.75) is 26.7 Å². The van der Waals surface area contributed by atoms with Gasteiger partial charge in [0, 0.05) is 31.1 Å². The van der Waals surface area contributed by atoms with E-state index in [1.807, 2.05) is 36.9 Å². The number of rotatable bonds is 4. The van der Waals surface area contributed by atoms with Crippen LogP contribution in [0.2, 0.25) is 0 Å². The monoisotopic (exact) mass is 345 g/mol. The van der Waals surface area contributed by atoms with Crippen molar-refractivity contribution >= 4 is 33.4 Å². The van der Waals surface area contributed by atoms with Gasteiger partial charge in [-0.3, -0.25) is 9.59 Å². The fraction of sp³-hybridized carbons (Fsp3) is 0.500. The van der Waals surface area contributed by atoms with Crippen LogP contribution in [0.15, 0.2) is 23.7 Å².